The largest absolute Gasteiger partial charge is 0.454 e. The van der Waals surface area contributed by atoms with Crippen molar-refractivity contribution < 1.29 is 14.3 Å². The molecule has 1 amide bonds. The first-order valence-corrected chi connectivity index (χ1v) is 7.34. The molecule has 1 aromatic rings. The lowest BCUT2D eigenvalue weighted by atomic mass is 9.85. The average Bonchev–Trinajstić information content (AvgIpc) is 2.83. The quantitative estimate of drug-likeness (QED) is 0.802. The minimum Gasteiger partial charge on any atom is -0.454 e. The molecule has 0 saturated heterocycles. The molecular formula is C14H16BrNO3. The normalized spacial score (nSPS) is 23.9. The van der Waals surface area contributed by atoms with Crippen molar-refractivity contribution in [2.45, 2.75) is 17.7 Å². The van der Waals surface area contributed by atoms with Crippen LogP contribution in [0.3, 0.4) is 0 Å². The first kappa shape index (κ1) is 12.8. The van der Waals surface area contributed by atoms with Crippen molar-refractivity contribution in [2.75, 3.05) is 20.4 Å². The molecule has 1 aliphatic carbocycles. The summed E-state index contributed by atoms with van der Waals surface area (Å²) in [5, 5.41) is 0. The molecule has 0 unspecified atom stereocenters. The number of amides is 1. The fourth-order valence-corrected chi connectivity index (χ4v) is 3.58. The number of ether oxygens (including phenoxy) is 2. The van der Waals surface area contributed by atoms with E-state index in [-0.39, 0.29) is 12.7 Å². The van der Waals surface area contributed by atoms with E-state index in [1.165, 1.54) is 0 Å². The summed E-state index contributed by atoms with van der Waals surface area (Å²) in [7, 11) is 1.86. The van der Waals surface area contributed by atoms with Crippen LogP contribution in [0.1, 0.15) is 23.2 Å². The van der Waals surface area contributed by atoms with Gasteiger partial charge in [-0.2, -0.15) is 0 Å². The molecule has 5 heteroatoms. The molecule has 1 aliphatic heterocycles. The molecule has 0 radical (unpaired) electrons. The summed E-state index contributed by atoms with van der Waals surface area (Å²) < 4.78 is 10.5. The Morgan fingerprint density at radius 2 is 2.11 bits per heavy atom. The van der Waals surface area contributed by atoms with Gasteiger partial charge in [0.15, 0.2) is 11.5 Å². The van der Waals surface area contributed by atoms with Crippen LogP contribution in [0.4, 0.5) is 0 Å². The summed E-state index contributed by atoms with van der Waals surface area (Å²) in [5.74, 6) is 2.02. The lowest BCUT2D eigenvalue weighted by Gasteiger charge is -2.34. The maximum Gasteiger partial charge on any atom is 0.253 e. The third-order valence-corrected chi connectivity index (χ3v) is 4.42. The molecule has 4 nitrogen and oxygen atoms in total. The Bertz CT molecular complexity index is 499. The molecule has 2 aliphatic rings. The van der Waals surface area contributed by atoms with Gasteiger partial charge >= 0.3 is 0 Å². The molecule has 0 aromatic heterocycles. The van der Waals surface area contributed by atoms with Gasteiger partial charge in [0.05, 0.1) is 0 Å². The van der Waals surface area contributed by atoms with Crippen LogP contribution in [0.2, 0.25) is 0 Å². The lowest BCUT2D eigenvalue weighted by Crippen LogP contribution is -2.37. The Hall–Kier alpha value is -1.23. The SMILES string of the molecule is CN(CC1CC(Br)C1)C(=O)c1ccc2c(c1)OCO2. The summed E-state index contributed by atoms with van der Waals surface area (Å²) in [6.45, 7) is 1.05. The van der Waals surface area contributed by atoms with Gasteiger partial charge in [-0.15, -0.1) is 0 Å². The van der Waals surface area contributed by atoms with E-state index in [1.54, 1.807) is 23.1 Å². The number of carbonyl (C=O) groups excluding carboxylic acids is 1. The van der Waals surface area contributed by atoms with Crippen molar-refractivity contribution in [1.29, 1.82) is 0 Å². The zero-order valence-electron chi connectivity index (χ0n) is 10.8. The van der Waals surface area contributed by atoms with Gasteiger partial charge in [-0.3, -0.25) is 4.79 Å². The minimum atomic E-state index is 0.0383. The van der Waals surface area contributed by atoms with Crippen molar-refractivity contribution in [3.63, 3.8) is 0 Å². The van der Waals surface area contributed by atoms with E-state index < -0.39 is 0 Å². The number of hydrogen-bond donors (Lipinski definition) is 0. The summed E-state index contributed by atoms with van der Waals surface area (Å²) in [5.41, 5.74) is 0.654. The predicted molar refractivity (Wildman–Crippen MR) is 75.0 cm³/mol. The Morgan fingerprint density at radius 1 is 1.37 bits per heavy atom. The topological polar surface area (TPSA) is 38.8 Å². The van der Waals surface area contributed by atoms with Crippen LogP contribution in [0, 0.1) is 5.92 Å². The molecular weight excluding hydrogens is 310 g/mol. The molecule has 1 aromatic carbocycles. The van der Waals surface area contributed by atoms with Gasteiger partial charge in [0.25, 0.3) is 5.91 Å². The highest BCUT2D eigenvalue weighted by atomic mass is 79.9. The number of carbonyl (C=O) groups is 1. The monoisotopic (exact) mass is 325 g/mol. The van der Waals surface area contributed by atoms with Crippen LogP contribution < -0.4 is 9.47 Å². The first-order chi connectivity index (χ1) is 9.13. The van der Waals surface area contributed by atoms with Crippen LogP contribution in [0.25, 0.3) is 0 Å². The second-order valence-corrected chi connectivity index (χ2v) is 6.48. The highest BCUT2D eigenvalue weighted by Gasteiger charge is 2.29. The van der Waals surface area contributed by atoms with Crippen molar-refractivity contribution in [2.24, 2.45) is 5.92 Å². The Balaban J connectivity index is 1.66. The van der Waals surface area contributed by atoms with Crippen LogP contribution in [0.15, 0.2) is 18.2 Å². The van der Waals surface area contributed by atoms with Gasteiger partial charge in [0, 0.05) is 24.0 Å². The Labute approximate surface area is 120 Å². The number of halogens is 1. The van der Waals surface area contributed by atoms with E-state index in [2.05, 4.69) is 15.9 Å². The minimum absolute atomic E-state index is 0.0383. The first-order valence-electron chi connectivity index (χ1n) is 6.42. The van der Waals surface area contributed by atoms with Gasteiger partial charge < -0.3 is 14.4 Å². The molecule has 0 N–H and O–H groups in total. The number of nitrogens with zero attached hydrogens (tertiary/aromatic N) is 1. The van der Waals surface area contributed by atoms with Crippen molar-refractivity contribution in [1.82, 2.24) is 4.90 Å². The van der Waals surface area contributed by atoms with E-state index in [1.807, 2.05) is 7.05 Å². The van der Waals surface area contributed by atoms with Crippen molar-refractivity contribution in [3.05, 3.63) is 23.8 Å². The fourth-order valence-electron chi connectivity index (χ4n) is 2.52. The van der Waals surface area contributed by atoms with Gasteiger partial charge in [-0.05, 0) is 37.0 Å². The summed E-state index contributed by atoms with van der Waals surface area (Å²) in [4.78, 5) is 14.7. The molecule has 19 heavy (non-hydrogen) atoms. The highest BCUT2D eigenvalue weighted by molar-refractivity contribution is 9.09. The molecule has 0 spiro atoms. The maximum atomic E-state index is 12.3. The zero-order chi connectivity index (χ0) is 13.4. The van der Waals surface area contributed by atoms with Gasteiger partial charge in [-0.25, -0.2) is 0 Å². The van der Waals surface area contributed by atoms with E-state index in [0.717, 1.165) is 19.4 Å². The molecule has 102 valence electrons. The summed E-state index contributed by atoms with van der Waals surface area (Å²) >= 11 is 3.57. The van der Waals surface area contributed by atoms with Crippen LogP contribution in [0.5, 0.6) is 11.5 Å². The molecule has 1 saturated carbocycles. The Morgan fingerprint density at radius 3 is 2.84 bits per heavy atom. The van der Waals surface area contributed by atoms with Crippen LogP contribution in [-0.4, -0.2) is 36.0 Å². The van der Waals surface area contributed by atoms with Crippen molar-refractivity contribution >= 4 is 21.8 Å². The van der Waals surface area contributed by atoms with Gasteiger partial charge in [0.2, 0.25) is 6.79 Å². The predicted octanol–water partition coefficient (Wildman–Crippen LogP) is 2.66. The number of rotatable bonds is 3. The molecule has 0 bridgehead atoms. The molecule has 1 fully saturated rings. The van der Waals surface area contributed by atoms with Gasteiger partial charge in [-0.1, -0.05) is 15.9 Å². The smallest absolute Gasteiger partial charge is 0.253 e. The Kier molecular flexibility index (Phi) is 3.39. The van der Waals surface area contributed by atoms with E-state index >= 15 is 0 Å². The van der Waals surface area contributed by atoms with Crippen LogP contribution in [-0.2, 0) is 0 Å². The second-order valence-electron chi connectivity index (χ2n) is 5.19. The molecule has 1 heterocycles. The third kappa shape index (κ3) is 2.56. The number of fused-ring (bicyclic) bond motifs is 1. The molecule has 3 rings (SSSR count). The number of hydrogen-bond acceptors (Lipinski definition) is 3. The summed E-state index contributed by atoms with van der Waals surface area (Å²) in [6, 6.07) is 5.34. The van der Waals surface area contributed by atoms with Gasteiger partial charge in [0.1, 0.15) is 0 Å². The second kappa shape index (κ2) is 5.04. The standard InChI is InChI=1S/C14H16BrNO3/c1-16(7-9-4-11(15)5-9)14(17)10-2-3-12-13(6-10)19-8-18-12/h2-3,6,9,11H,4-5,7-8H2,1H3. The fraction of sp³-hybridized carbons (Fsp3) is 0.500. The maximum absolute atomic E-state index is 12.3. The summed E-state index contributed by atoms with van der Waals surface area (Å²) in [6.07, 6.45) is 2.30. The lowest BCUT2D eigenvalue weighted by molar-refractivity contribution is 0.0748. The van der Waals surface area contributed by atoms with E-state index in [4.69, 9.17) is 9.47 Å². The van der Waals surface area contributed by atoms with E-state index in [9.17, 15) is 4.79 Å². The van der Waals surface area contributed by atoms with E-state index in [0.29, 0.717) is 27.8 Å². The highest BCUT2D eigenvalue weighted by Crippen LogP contribution is 2.35. The molecule has 0 atom stereocenters. The van der Waals surface area contributed by atoms with Crippen molar-refractivity contribution in [3.8, 4) is 11.5 Å². The average molecular weight is 326 g/mol. The third-order valence-electron chi connectivity index (χ3n) is 3.68. The van der Waals surface area contributed by atoms with Crippen LogP contribution >= 0.6 is 15.9 Å². The number of benzene rings is 1. The zero-order valence-corrected chi connectivity index (χ0v) is 12.4. The number of alkyl halides is 1.